The van der Waals surface area contributed by atoms with E-state index in [0.29, 0.717) is 19.3 Å². The molecule has 0 spiro atoms. The molecule has 1 unspecified atom stereocenters. The molecule has 16 heavy (non-hydrogen) atoms. The number of hydrogen-bond donors (Lipinski definition) is 2. The molecule has 0 saturated heterocycles. The minimum absolute atomic E-state index is 0.0583. The lowest BCUT2D eigenvalue weighted by atomic mass is 10.1. The molecule has 0 saturated carbocycles. The summed E-state index contributed by atoms with van der Waals surface area (Å²) >= 11 is 0. The highest BCUT2D eigenvalue weighted by Crippen LogP contribution is 2.09. The van der Waals surface area contributed by atoms with E-state index >= 15 is 0 Å². The van der Waals surface area contributed by atoms with Gasteiger partial charge in [-0.1, -0.05) is 13.3 Å². The van der Waals surface area contributed by atoms with Crippen molar-refractivity contribution in [2.24, 2.45) is 0 Å². The van der Waals surface area contributed by atoms with Crippen molar-refractivity contribution >= 4 is 11.9 Å². The number of carboxylic acids is 1. The lowest BCUT2D eigenvalue weighted by Crippen LogP contribution is -2.17. The van der Waals surface area contributed by atoms with Gasteiger partial charge in [-0.05, 0) is 19.3 Å². The molecule has 5 heteroatoms. The molecule has 0 aromatic rings. The van der Waals surface area contributed by atoms with Crippen LogP contribution in [0.15, 0.2) is 12.2 Å². The minimum Gasteiger partial charge on any atom is -0.478 e. The van der Waals surface area contributed by atoms with E-state index < -0.39 is 11.9 Å². The fraction of sp³-hybridized carbons (Fsp3) is 0.636. The van der Waals surface area contributed by atoms with Crippen LogP contribution in [0.5, 0.6) is 0 Å². The van der Waals surface area contributed by atoms with Gasteiger partial charge in [-0.25, -0.2) is 9.59 Å². The number of esters is 1. The third-order valence-corrected chi connectivity index (χ3v) is 1.94. The zero-order valence-corrected chi connectivity index (χ0v) is 9.39. The van der Waals surface area contributed by atoms with Crippen molar-refractivity contribution in [3.63, 3.8) is 0 Å². The van der Waals surface area contributed by atoms with Crippen molar-refractivity contribution in [1.29, 1.82) is 0 Å². The van der Waals surface area contributed by atoms with E-state index in [0.717, 1.165) is 18.6 Å². The van der Waals surface area contributed by atoms with Crippen molar-refractivity contribution in [3.05, 3.63) is 12.2 Å². The second kappa shape index (κ2) is 8.91. The highest BCUT2D eigenvalue weighted by molar-refractivity contribution is 5.90. The molecule has 1 atom stereocenters. The Morgan fingerprint density at radius 1 is 1.31 bits per heavy atom. The third kappa shape index (κ3) is 7.99. The number of aliphatic hydroxyl groups is 1. The summed E-state index contributed by atoms with van der Waals surface area (Å²) in [5, 5.41) is 17.0. The molecule has 2 N–H and O–H groups in total. The summed E-state index contributed by atoms with van der Waals surface area (Å²) in [7, 11) is 0. The summed E-state index contributed by atoms with van der Waals surface area (Å²) in [4.78, 5) is 21.3. The number of rotatable bonds is 8. The van der Waals surface area contributed by atoms with Crippen LogP contribution in [0.2, 0.25) is 0 Å². The fourth-order valence-electron chi connectivity index (χ4n) is 1.25. The number of aliphatic carboxylic acids is 1. The Labute approximate surface area is 94.7 Å². The number of aliphatic hydroxyl groups excluding tert-OH is 1. The van der Waals surface area contributed by atoms with Crippen LogP contribution in [0.1, 0.15) is 32.6 Å². The summed E-state index contributed by atoms with van der Waals surface area (Å²) in [5.74, 6) is -1.84. The van der Waals surface area contributed by atoms with Crippen LogP contribution in [0.4, 0.5) is 0 Å². The first kappa shape index (κ1) is 14.6. The predicted molar refractivity (Wildman–Crippen MR) is 57.9 cm³/mol. The molecule has 0 radical (unpaired) electrons. The van der Waals surface area contributed by atoms with Crippen molar-refractivity contribution < 1.29 is 24.5 Å². The van der Waals surface area contributed by atoms with Gasteiger partial charge in [0.25, 0.3) is 0 Å². The van der Waals surface area contributed by atoms with Gasteiger partial charge >= 0.3 is 11.9 Å². The molecule has 0 fully saturated rings. The molecule has 0 bridgehead atoms. The molecule has 0 rings (SSSR count). The molecular weight excluding hydrogens is 212 g/mol. The van der Waals surface area contributed by atoms with Crippen LogP contribution in [0, 0.1) is 0 Å². The van der Waals surface area contributed by atoms with Gasteiger partial charge in [0.05, 0.1) is 0 Å². The first-order valence-electron chi connectivity index (χ1n) is 5.32. The lowest BCUT2D eigenvalue weighted by molar-refractivity contribution is -0.144. The Morgan fingerprint density at radius 2 is 2.00 bits per heavy atom. The standard InChI is InChI=1S/C11H18O5/c1-2-4-9(5-3-8-12)16-11(15)7-6-10(13)14/h6-7,9,12H,2-5,8H2,1H3,(H,13,14)/b7-6+. The van der Waals surface area contributed by atoms with E-state index in [9.17, 15) is 9.59 Å². The molecule has 5 nitrogen and oxygen atoms in total. The molecule has 0 aliphatic carbocycles. The van der Waals surface area contributed by atoms with Crippen LogP contribution < -0.4 is 0 Å². The fourth-order valence-corrected chi connectivity index (χ4v) is 1.25. The normalized spacial score (nSPS) is 12.6. The molecule has 0 aromatic carbocycles. The molecule has 0 aromatic heterocycles. The summed E-state index contributed by atoms with van der Waals surface area (Å²) < 4.78 is 5.04. The summed E-state index contributed by atoms with van der Waals surface area (Å²) in [6, 6.07) is 0. The summed E-state index contributed by atoms with van der Waals surface area (Å²) in [6.07, 6.45) is 4.14. The van der Waals surface area contributed by atoms with Crippen molar-refractivity contribution in [2.45, 2.75) is 38.7 Å². The van der Waals surface area contributed by atoms with Crippen LogP contribution in [-0.4, -0.2) is 34.9 Å². The molecule has 0 heterocycles. The van der Waals surface area contributed by atoms with Gasteiger partial charge in [-0.2, -0.15) is 0 Å². The van der Waals surface area contributed by atoms with Gasteiger partial charge in [0.15, 0.2) is 0 Å². The quantitative estimate of drug-likeness (QED) is 0.482. The topological polar surface area (TPSA) is 83.8 Å². The Bertz CT molecular complexity index is 247. The van der Waals surface area contributed by atoms with Gasteiger partial charge in [-0.3, -0.25) is 0 Å². The van der Waals surface area contributed by atoms with E-state index in [2.05, 4.69) is 0 Å². The average Bonchev–Trinajstić information content (AvgIpc) is 2.23. The number of hydrogen-bond acceptors (Lipinski definition) is 4. The SMILES string of the molecule is CCCC(CCCO)OC(=O)/C=C/C(=O)O. The molecular formula is C11H18O5. The molecule has 0 aliphatic rings. The van der Waals surface area contributed by atoms with E-state index in [-0.39, 0.29) is 12.7 Å². The first-order valence-corrected chi connectivity index (χ1v) is 5.32. The average molecular weight is 230 g/mol. The third-order valence-electron chi connectivity index (χ3n) is 1.94. The second-order valence-corrected chi connectivity index (χ2v) is 3.38. The number of carboxylic acid groups (broad SMARTS) is 1. The van der Waals surface area contributed by atoms with Gasteiger partial charge in [0.1, 0.15) is 6.10 Å². The summed E-state index contributed by atoms with van der Waals surface area (Å²) in [5.41, 5.74) is 0. The molecule has 0 amide bonds. The number of ether oxygens (including phenoxy) is 1. The highest BCUT2D eigenvalue weighted by Gasteiger charge is 2.11. The van der Waals surface area contributed by atoms with E-state index in [1.54, 1.807) is 0 Å². The Morgan fingerprint density at radius 3 is 2.50 bits per heavy atom. The van der Waals surface area contributed by atoms with Crippen LogP contribution in [0.3, 0.4) is 0 Å². The largest absolute Gasteiger partial charge is 0.478 e. The molecule has 92 valence electrons. The number of carbonyl (C=O) groups excluding carboxylic acids is 1. The van der Waals surface area contributed by atoms with Crippen molar-refractivity contribution in [2.75, 3.05) is 6.61 Å². The van der Waals surface area contributed by atoms with Gasteiger partial charge < -0.3 is 14.9 Å². The van der Waals surface area contributed by atoms with E-state index in [1.807, 2.05) is 6.92 Å². The van der Waals surface area contributed by atoms with Crippen LogP contribution >= 0.6 is 0 Å². The van der Waals surface area contributed by atoms with Gasteiger partial charge in [0.2, 0.25) is 0 Å². The maximum atomic E-state index is 11.2. The van der Waals surface area contributed by atoms with Crippen molar-refractivity contribution in [1.82, 2.24) is 0 Å². The van der Waals surface area contributed by atoms with Crippen LogP contribution in [-0.2, 0) is 14.3 Å². The smallest absolute Gasteiger partial charge is 0.331 e. The lowest BCUT2D eigenvalue weighted by Gasteiger charge is -2.15. The Kier molecular flexibility index (Phi) is 8.15. The summed E-state index contributed by atoms with van der Waals surface area (Å²) in [6.45, 7) is 2.02. The monoisotopic (exact) mass is 230 g/mol. The van der Waals surface area contributed by atoms with E-state index in [1.165, 1.54) is 0 Å². The number of carbonyl (C=O) groups is 2. The second-order valence-electron chi connectivity index (χ2n) is 3.38. The maximum Gasteiger partial charge on any atom is 0.331 e. The Hall–Kier alpha value is -1.36. The van der Waals surface area contributed by atoms with E-state index in [4.69, 9.17) is 14.9 Å². The Balaban J connectivity index is 4.06. The van der Waals surface area contributed by atoms with Gasteiger partial charge in [-0.15, -0.1) is 0 Å². The van der Waals surface area contributed by atoms with Crippen molar-refractivity contribution in [3.8, 4) is 0 Å². The van der Waals surface area contributed by atoms with Crippen LogP contribution in [0.25, 0.3) is 0 Å². The zero-order chi connectivity index (χ0) is 12.4. The zero-order valence-electron chi connectivity index (χ0n) is 9.39. The maximum absolute atomic E-state index is 11.2. The molecule has 0 aliphatic heterocycles. The first-order chi connectivity index (χ1) is 7.60. The van der Waals surface area contributed by atoms with Gasteiger partial charge in [0, 0.05) is 18.8 Å². The highest BCUT2D eigenvalue weighted by atomic mass is 16.5. The minimum atomic E-state index is -1.18. The predicted octanol–water partition coefficient (Wildman–Crippen LogP) is 1.11.